The predicted octanol–water partition coefficient (Wildman–Crippen LogP) is 0.459. The fourth-order valence-electron chi connectivity index (χ4n) is 5.09. The average molecular weight is 633 g/mol. The van der Waals surface area contributed by atoms with Crippen LogP contribution < -0.4 is 21.7 Å². The molecule has 3 aromatic rings. The second-order valence-corrected chi connectivity index (χ2v) is 11.5. The lowest BCUT2D eigenvalue weighted by Gasteiger charge is -2.26. The highest BCUT2D eigenvalue weighted by atomic mass is 16.2. The Hall–Kier alpha value is -5.21. The number of aryl methyl sites for hydroxylation is 1. The van der Waals surface area contributed by atoms with Gasteiger partial charge in [-0.1, -0.05) is 44.2 Å². The molecule has 5 amide bonds. The van der Waals surface area contributed by atoms with Crippen LogP contribution in [0.25, 0.3) is 0 Å². The first-order valence-corrected chi connectivity index (χ1v) is 15.2. The minimum atomic E-state index is -0.896. The van der Waals surface area contributed by atoms with Gasteiger partial charge in [-0.3, -0.25) is 24.0 Å². The maximum atomic E-state index is 13.8. The van der Waals surface area contributed by atoms with E-state index in [0.29, 0.717) is 24.5 Å². The van der Waals surface area contributed by atoms with Gasteiger partial charge >= 0.3 is 0 Å². The van der Waals surface area contributed by atoms with Gasteiger partial charge in [-0.15, -0.1) is 0 Å². The van der Waals surface area contributed by atoms with Crippen molar-refractivity contribution in [3.63, 3.8) is 0 Å². The summed E-state index contributed by atoms with van der Waals surface area (Å²) >= 11 is 0. The van der Waals surface area contributed by atoms with Crippen LogP contribution >= 0.6 is 0 Å². The molecule has 4 rings (SSSR count). The Bertz CT molecular complexity index is 1540. The van der Waals surface area contributed by atoms with E-state index in [1.807, 2.05) is 44.2 Å². The van der Waals surface area contributed by atoms with Crippen LogP contribution in [0.3, 0.4) is 0 Å². The van der Waals surface area contributed by atoms with Crippen LogP contribution in [0.15, 0.2) is 42.7 Å². The van der Waals surface area contributed by atoms with Crippen LogP contribution in [0.1, 0.15) is 77.3 Å². The van der Waals surface area contributed by atoms with Gasteiger partial charge in [0.25, 0.3) is 11.8 Å². The van der Waals surface area contributed by atoms with E-state index in [0.717, 1.165) is 11.8 Å². The van der Waals surface area contributed by atoms with E-state index in [-0.39, 0.29) is 68.1 Å². The molecule has 0 radical (unpaired) electrons. The number of carbonyl (C=O) groups is 5. The third-order valence-corrected chi connectivity index (χ3v) is 7.45. The van der Waals surface area contributed by atoms with Crippen LogP contribution in [0.2, 0.25) is 0 Å². The second-order valence-electron chi connectivity index (χ2n) is 11.5. The molecule has 244 valence electrons. The number of nitrogens with one attached hydrogen (secondary N) is 3. The molecule has 0 aliphatic carbocycles. The summed E-state index contributed by atoms with van der Waals surface area (Å²) in [6.07, 6.45) is 3.33. The number of nitrogens with two attached hydrogens (primary N) is 1. The zero-order chi connectivity index (χ0) is 33.2. The van der Waals surface area contributed by atoms with Crippen LogP contribution in [-0.4, -0.2) is 84.8 Å². The molecule has 1 aliphatic rings. The van der Waals surface area contributed by atoms with Crippen LogP contribution in [-0.2, 0) is 27.3 Å². The third kappa shape index (κ3) is 9.15. The highest BCUT2D eigenvalue weighted by Crippen LogP contribution is 2.21. The number of primary amides is 1. The number of hydrogen-bond donors (Lipinski definition) is 4. The van der Waals surface area contributed by atoms with Gasteiger partial charge in [0, 0.05) is 32.5 Å². The minimum absolute atomic E-state index is 0.00835. The monoisotopic (exact) mass is 632 g/mol. The van der Waals surface area contributed by atoms with E-state index in [4.69, 9.17) is 5.73 Å². The van der Waals surface area contributed by atoms with E-state index < -0.39 is 29.8 Å². The van der Waals surface area contributed by atoms with Gasteiger partial charge in [-0.05, 0) is 31.2 Å². The fraction of sp³-hybridized carbons (Fsp3) is 0.452. The summed E-state index contributed by atoms with van der Waals surface area (Å²) in [5.74, 6) is -1.49. The number of amides is 5. The Balaban J connectivity index is 1.59. The lowest BCUT2D eigenvalue weighted by Crippen LogP contribution is -2.50. The van der Waals surface area contributed by atoms with E-state index in [1.165, 1.54) is 15.8 Å². The number of aromatic nitrogens is 5. The first-order valence-electron chi connectivity index (χ1n) is 15.2. The molecule has 15 heteroatoms. The molecule has 0 saturated heterocycles. The normalized spacial score (nSPS) is 18.9. The summed E-state index contributed by atoms with van der Waals surface area (Å²) in [6.45, 7) is 6.17. The maximum absolute atomic E-state index is 13.8. The molecule has 46 heavy (non-hydrogen) atoms. The van der Waals surface area contributed by atoms with Gasteiger partial charge in [-0.2, -0.15) is 5.10 Å². The van der Waals surface area contributed by atoms with Gasteiger partial charge in [0.15, 0.2) is 5.82 Å². The van der Waals surface area contributed by atoms with Crippen molar-refractivity contribution >= 4 is 29.5 Å². The van der Waals surface area contributed by atoms with E-state index in [2.05, 4.69) is 36.0 Å². The molecule has 0 saturated carbocycles. The number of benzene rings is 1. The number of hydrogen-bond acceptors (Lipinski definition) is 9. The molecular formula is C31H40N10O5. The zero-order valence-corrected chi connectivity index (χ0v) is 26.2. The number of carbonyl (C=O) groups excluding carboxylic acids is 5. The van der Waals surface area contributed by atoms with Crippen LogP contribution in [0, 0.1) is 12.8 Å². The Morgan fingerprint density at radius 3 is 2.35 bits per heavy atom. The largest absolute Gasteiger partial charge is 0.364 e. The summed E-state index contributed by atoms with van der Waals surface area (Å²) in [4.78, 5) is 78.6. The van der Waals surface area contributed by atoms with Gasteiger partial charge in [-0.25, -0.2) is 19.6 Å². The molecule has 0 unspecified atom stereocenters. The van der Waals surface area contributed by atoms with Crippen molar-refractivity contribution in [3.05, 3.63) is 71.3 Å². The summed E-state index contributed by atoms with van der Waals surface area (Å²) < 4.78 is 1.48. The highest BCUT2D eigenvalue weighted by molar-refractivity contribution is 5.94. The Morgan fingerprint density at radius 1 is 0.978 bits per heavy atom. The summed E-state index contributed by atoms with van der Waals surface area (Å²) in [6, 6.07) is 7.89. The number of fused-ring (bicyclic) bond motifs is 1. The first kappa shape index (κ1) is 33.7. The quantitative estimate of drug-likeness (QED) is 0.308. The van der Waals surface area contributed by atoms with Crippen molar-refractivity contribution in [2.75, 3.05) is 19.6 Å². The van der Waals surface area contributed by atoms with Crippen molar-refractivity contribution in [1.29, 1.82) is 0 Å². The zero-order valence-electron chi connectivity index (χ0n) is 26.2. The van der Waals surface area contributed by atoms with Crippen LogP contribution in [0.4, 0.5) is 0 Å². The van der Waals surface area contributed by atoms with Gasteiger partial charge in [0.05, 0.1) is 18.4 Å². The SMILES string of the molecule is Cc1nc2n(n1)CC(=O)NCCCN(C(=O)c1cnc(C(N)=O)cn1)CCCC(=O)N[C@H](Cc1ccccc1)C(=O)N[C@H]2C(C)C. The van der Waals surface area contributed by atoms with Crippen molar-refractivity contribution in [3.8, 4) is 0 Å². The van der Waals surface area contributed by atoms with E-state index in [9.17, 15) is 24.0 Å². The molecule has 0 spiro atoms. The lowest BCUT2D eigenvalue weighted by atomic mass is 10.0. The first-order chi connectivity index (χ1) is 22.0. The Labute approximate surface area is 266 Å². The van der Waals surface area contributed by atoms with Gasteiger partial charge in [0.1, 0.15) is 29.8 Å². The molecule has 1 aliphatic heterocycles. The molecule has 5 N–H and O–H groups in total. The van der Waals surface area contributed by atoms with Gasteiger partial charge < -0.3 is 26.6 Å². The predicted molar refractivity (Wildman–Crippen MR) is 166 cm³/mol. The highest BCUT2D eigenvalue weighted by Gasteiger charge is 2.30. The summed E-state index contributed by atoms with van der Waals surface area (Å²) in [5.41, 5.74) is 6.03. The smallest absolute Gasteiger partial charge is 0.274 e. The maximum Gasteiger partial charge on any atom is 0.274 e. The third-order valence-electron chi connectivity index (χ3n) is 7.45. The molecular weight excluding hydrogens is 592 g/mol. The number of rotatable bonds is 5. The van der Waals surface area contributed by atoms with E-state index in [1.54, 1.807) is 6.92 Å². The molecule has 3 heterocycles. The number of nitrogens with zero attached hydrogens (tertiary/aromatic N) is 6. The molecule has 2 aromatic heterocycles. The van der Waals surface area contributed by atoms with Crippen molar-refractivity contribution in [2.45, 2.75) is 65.1 Å². The summed E-state index contributed by atoms with van der Waals surface area (Å²) in [7, 11) is 0. The van der Waals surface area contributed by atoms with Crippen LogP contribution in [0.5, 0.6) is 0 Å². The minimum Gasteiger partial charge on any atom is -0.364 e. The average Bonchev–Trinajstić information content (AvgIpc) is 3.38. The Kier molecular flexibility index (Phi) is 11.5. The molecule has 0 fully saturated rings. The fourth-order valence-corrected chi connectivity index (χ4v) is 5.09. The van der Waals surface area contributed by atoms with E-state index >= 15 is 0 Å². The van der Waals surface area contributed by atoms with Gasteiger partial charge in [0.2, 0.25) is 17.7 Å². The summed E-state index contributed by atoms with van der Waals surface area (Å²) in [5, 5.41) is 13.2. The van der Waals surface area contributed by atoms with Crippen molar-refractivity contribution < 1.29 is 24.0 Å². The standard InChI is InChI=1S/C31H40N10O5/c1-19(2)27-29-36-20(3)39-41(29)18-26(43)33-12-8-14-40(31(46)24-17-34-23(16-35-24)28(32)44)13-7-11-25(42)37-22(30(45)38-27)15-21-9-5-4-6-10-21/h4-6,9-10,16-17,19,22,27H,7-8,11-15,18H2,1-3H3,(H2,32,44)(H,33,43)(H,37,42)(H,38,45)/t22-,27+/m1/s1. The topological polar surface area (TPSA) is 207 Å². The second kappa shape index (κ2) is 15.7. The molecule has 2 atom stereocenters. The molecule has 0 bridgehead atoms. The lowest BCUT2D eigenvalue weighted by molar-refractivity contribution is -0.129. The van der Waals surface area contributed by atoms with Crippen molar-refractivity contribution in [1.82, 2.24) is 45.6 Å². The molecule has 15 nitrogen and oxygen atoms in total. The Morgan fingerprint density at radius 2 is 1.67 bits per heavy atom. The van der Waals surface area contributed by atoms with Crippen molar-refractivity contribution in [2.24, 2.45) is 11.7 Å². The molecule has 1 aromatic carbocycles.